The first kappa shape index (κ1) is 43.5. The van der Waals surface area contributed by atoms with Crippen molar-refractivity contribution in [1.82, 2.24) is 27.9 Å². The number of hydrogen-bond acceptors (Lipinski definition) is 10. The van der Waals surface area contributed by atoms with Crippen LogP contribution in [-0.2, 0) is 35.6 Å². The van der Waals surface area contributed by atoms with Gasteiger partial charge in [0.15, 0.2) is 18.8 Å². The topological polar surface area (TPSA) is 139 Å². The number of fused-ring (bicyclic) bond motifs is 1. The van der Waals surface area contributed by atoms with E-state index >= 15 is 0 Å². The van der Waals surface area contributed by atoms with E-state index in [-0.39, 0.29) is 25.5 Å². The summed E-state index contributed by atoms with van der Waals surface area (Å²) in [7, 11) is -2.27. The molecule has 16 heteroatoms. The van der Waals surface area contributed by atoms with Crippen LogP contribution in [0.5, 0.6) is 5.75 Å². The van der Waals surface area contributed by atoms with Crippen LogP contribution in [0.1, 0.15) is 64.4 Å². The third-order valence-corrected chi connectivity index (χ3v) is 13.5. The first-order chi connectivity index (χ1) is 27.4. The molecule has 0 N–H and O–H groups in total. The molecule has 2 atom stereocenters. The predicted molar refractivity (Wildman–Crippen MR) is 229 cm³/mol. The Hall–Kier alpha value is -4.06. The van der Waals surface area contributed by atoms with Crippen LogP contribution in [0.15, 0.2) is 48.7 Å². The number of carbonyl (C=O) groups excluding carboxylic acids is 1. The molecule has 2 fully saturated rings. The van der Waals surface area contributed by atoms with Crippen LogP contribution in [0.3, 0.4) is 0 Å². The number of amides is 1. The first-order valence-corrected chi connectivity index (χ1v) is 25.3. The van der Waals surface area contributed by atoms with Gasteiger partial charge in [0.05, 0.1) is 30.5 Å². The van der Waals surface area contributed by atoms with E-state index in [1.165, 1.54) is 24.3 Å². The van der Waals surface area contributed by atoms with Crippen LogP contribution in [0.2, 0.25) is 25.7 Å². The molecule has 6 rings (SSSR count). The lowest BCUT2D eigenvalue weighted by Crippen LogP contribution is -2.49. The molecule has 316 valence electrons. The quantitative estimate of drug-likeness (QED) is 0.0702. The van der Waals surface area contributed by atoms with E-state index in [9.17, 15) is 13.2 Å². The number of rotatable bonds is 14. The molecule has 0 spiro atoms. The molecule has 4 aromatic rings. The van der Waals surface area contributed by atoms with Crippen molar-refractivity contribution in [2.24, 2.45) is 0 Å². The zero-order valence-corrected chi connectivity index (χ0v) is 37.3. The summed E-state index contributed by atoms with van der Waals surface area (Å²) in [5.74, 6) is 0.914. The molecule has 14 nitrogen and oxygen atoms in total. The van der Waals surface area contributed by atoms with Crippen LogP contribution in [0.4, 0.5) is 4.79 Å². The predicted octanol–water partition coefficient (Wildman–Crippen LogP) is 7.82. The number of aromatic nitrogens is 4. The molecule has 1 unspecified atom stereocenters. The third-order valence-electron chi connectivity index (χ3n) is 10.1. The van der Waals surface area contributed by atoms with Gasteiger partial charge < -0.3 is 23.7 Å². The molecule has 2 aliphatic rings. The molecular weight excluding hydrogens is 777 g/mol. The van der Waals surface area contributed by atoms with Crippen molar-refractivity contribution in [2.45, 2.75) is 96.9 Å². The van der Waals surface area contributed by atoms with Crippen LogP contribution in [-0.4, -0.2) is 116 Å². The van der Waals surface area contributed by atoms with Crippen LogP contribution < -0.4 is 4.74 Å². The van der Waals surface area contributed by atoms with E-state index in [1.807, 2.05) is 43.7 Å². The summed E-state index contributed by atoms with van der Waals surface area (Å²) in [5.41, 5.74) is 4.10. The summed E-state index contributed by atoms with van der Waals surface area (Å²) >= 11 is 0. The highest BCUT2D eigenvalue weighted by atomic mass is 32.2. The lowest BCUT2D eigenvalue weighted by Gasteiger charge is -2.35. The standard InChI is InChI=1S/C42H60N6O8SSi/c1-10-30-25-34(55-29-53-23-24-58(7,8)9)17-19-35(30)31-14-18-36-37(26-31)48(38-13-11-12-21-54-38)44-39(36)40-43-32(27-47(40)57(50,51)45(5)6)15-16-33-28-52-22-20-46(33)41(49)56-42(2,3)4/h14-19,25-27,33,38H,10-13,20-24,28-29H2,1-9H3/b16-15+/t33-,38?/m0/s1. The normalized spacial score (nSPS) is 18.4. The van der Waals surface area contributed by atoms with Gasteiger partial charge in [-0.05, 0) is 99.5 Å². The van der Waals surface area contributed by atoms with Crippen LogP contribution in [0, 0.1) is 0 Å². The Labute approximate surface area is 344 Å². The Kier molecular flexibility index (Phi) is 13.5. The van der Waals surface area contributed by atoms with Crippen molar-refractivity contribution >= 4 is 41.4 Å². The second-order valence-corrected chi connectivity index (χ2v) is 24.9. The number of benzene rings is 2. The molecule has 2 saturated heterocycles. The Morgan fingerprint density at radius 2 is 1.88 bits per heavy atom. The van der Waals surface area contributed by atoms with Gasteiger partial charge in [-0.3, -0.25) is 4.90 Å². The van der Waals surface area contributed by atoms with Gasteiger partial charge in [-0.25, -0.2) is 18.4 Å². The Morgan fingerprint density at radius 3 is 2.57 bits per heavy atom. The Morgan fingerprint density at radius 1 is 1.09 bits per heavy atom. The average molecular weight is 837 g/mol. The minimum absolute atomic E-state index is 0.160. The molecule has 4 heterocycles. The molecule has 58 heavy (non-hydrogen) atoms. The summed E-state index contributed by atoms with van der Waals surface area (Å²) in [5, 5.41) is 5.82. The summed E-state index contributed by atoms with van der Waals surface area (Å²) in [4.78, 5) is 19.6. The van der Waals surface area contributed by atoms with Crippen molar-refractivity contribution in [3.8, 4) is 28.4 Å². The molecule has 0 radical (unpaired) electrons. The second-order valence-electron chi connectivity index (χ2n) is 17.3. The van der Waals surface area contributed by atoms with E-state index in [4.69, 9.17) is 33.8 Å². The van der Waals surface area contributed by atoms with Gasteiger partial charge in [-0.15, -0.1) is 0 Å². The number of nitrogens with zero attached hydrogens (tertiary/aromatic N) is 6. The molecule has 2 aromatic heterocycles. The van der Waals surface area contributed by atoms with Gasteiger partial charge >= 0.3 is 16.3 Å². The lowest BCUT2D eigenvalue weighted by molar-refractivity contribution is -0.0365. The van der Waals surface area contributed by atoms with Gasteiger partial charge in [0, 0.05) is 53.5 Å². The van der Waals surface area contributed by atoms with E-state index in [1.54, 1.807) is 17.1 Å². The van der Waals surface area contributed by atoms with E-state index in [2.05, 4.69) is 44.8 Å². The van der Waals surface area contributed by atoms with E-state index in [0.717, 1.165) is 69.4 Å². The summed E-state index contributed by atoms with van der Waals surface area (Å²) in [6, 6.07) is 12.9. The van der Waals surface area contributed by atoms with Crippen molar-refractivity contribution in [3.05, 3.63) is 59.9 Å². The van der Waals surface area contributed by atoms with Crippen LogP contribution >= 0.6 is 0 Å². The monoisotopic (exact) mass is 836 g/mol. The SMILES string of the molecule is CCc1cc(OCOCC[Si](C)(C)C)ccc1-c1ccc2c(-c3nc(/C=C/[C@H]4COCCN4C(=O)OC(C)(C)C)cn3S(=O)(=O)N(C)C)nn(C3CCCCO3)c2c1. The van der Waals surface area contributed by atoms with Gasteiger partial charge in [0.1, 0.15) is 17.0 Å². The fourth-order valence-corrected chi connectivity index (χ4v) is 8.59. The number of ether oxygens (including phenoxy) is 5. The van der Waals surface area contributed by atoms with E-state index in [0.29, 0.717) is 37.8 Å². The molecule has 2 aromatic carbocycles. The summed E-state index contributed by atoms with van der Waals surface area (Å²) in [6.45, 7) is 17.1. The minimum atomic E-state index is -4.04. The minimum Gasteiger partial charge on any atom is -0.468 e. The lowest BCUT2D eigenvalue weighted by atomic mass is 9.96. The van der Waals surface area contributed by atoms with Gasteiger partial charge in [0.25, 0.3) is 0 Å². The number of morpholine rings is 1. The highest BCUT2D eigenvalue weighted by Gasteiger charge is 2.31. The zero-order chi connectivity index (χ0) is 41.8. The maximum absolute atomic E-state index is 13.9. The summed E-state index contributed by atoms with van der Waals surface area (Å²) in [6.07, 6.45) is 7.71. The number of aryl methyl sites for hydroxylation is 1. The zero-order valence-electron chi connectivity index (χ0n) is 35.5. The fraction of sp³-hybridized carbons (Fsp3) is 0.548. The van der Waals surface area contributed by atoms with Gasteiger partial charge in [0.2, 0.25) is 0 Å². The van der Waals surface area contributed by atoms with Crippen molar-refractivity contribution in [2.75, 3.05) is 53.9 Å². The van der Waals surface area contributed by atoms with E-state index < -0.39 is 36.0 Å². The molecule has 0 aliphatic carbocycles. The van der Waals surface area contributed by atoms with Crippen molar-refractivity contribution in [3.63, 3.8) is 0 Å². The molecule has 0 bridgehead atoms. The number of imidazole rings is 1. The number of carbonyl (C=O) groups is 1. The Balaban J connectivity index is 1.38. The first-order valence-electron chi connectivity index (χ1n) is 20.2. The fourth-order valence-electron chi connectivity index (χ4n) is 6.90. The van der Waals surface area contributed by atoms with Gasteiger partial charge in [-0.1, -0.05) is 44.8 Å². The van der Waals surface area contributed by atoms with Crippen molar-refractivity contribution in [1.29, 1.82) is 0 Å². The van der Waals surface area contributed by atoms with Crippen molar-refractivity contribution < 1.29 is 36.9 Å². The largest absolute Gasteiger partial charge is 0.468 e. The maximum atomic E-state index is 13.9. The molecular formula is C42H60N6O8SSi. The number of hydrogen-bond donors (Lipinski definition) is 0. The molecule has 0 saturated carbocycles. The average Bonchev–Trinajstić information content (AvgIpc) is 3.78. The highest BCUT2D eigenvalue weighted by molar-refractivity contribution is 7.87. The molecule has 2 aliphatic heterocycles. The summed E-state index contributed by atoms with van der Waals surface area (Å²) < 4.78 is 61.4. The second kappa shape index (κ2) is 18.1. The maximum Gasteiger partial charge on any atom is 0.410 e. The Bertz CT molecular complexity index is 2200. The highest BCUT2D eigenvalue weighted by Crippen LogP contribution is 2.37. The van der Waals surface area contributed by atoms with Crippen LogP contribution in [0.25, 0.3) is 39.6 Å². The molecule has 1 amide bonds. The third kappa shape index (κ3) is 10.4. The van der Waals surface area contributed by atoms with Gasteiger partial charge in [-0.2, -0.15) is 17.8 Å². The smallest absolute Gasteiger partial charge is 0.410 e.